The fourth-order valence-electron chi connectivity index (χ4n) is 1.38. The van der Waals surface area contributed by atoms with Crippen LogP contribution in [0, 0.1) is 0 Å². The molecule has 7 heteroatoms. The number of halogens is 1. The van der Waals surface area contributed by atoms with Gasteiger partial charge in [0.15, 0.2) is 0 Å². The molecular formula is C13H17ClN2O4. The van der Waals surface area contributed by atoms with Gasteiger partial charge in [0.25, 0.3) is 0 Å². The number of carboxylic acids is 1. The molecule has 6 nitrogen and oxygen atoms in total. The second-order valence-electron chi connectivity index (χ2n) is 4.67. The number of benzene rings is 1. The maximum atomic E-state index is 12.0. The van der Waals surface area contributed by atoms with Crippen molar-refractivity contribution >= 4 is 29.2 Å². The number of methoxy groups -OCH3 is 1. The Kier molecular flexibility index (Phi) is 4.97. The molecule has 1 aromatic carbocycles. The second-order valence-corrected chi connectivity index (χ2v) is 5.07. The highest BCUT2D eigenvalue weighted by atomic mass is 35.5. The van der Waals surface area contributed by atoms with Crippen molar-refractivity contribution in [3.8, 4) is 5.75 Å². The van der Waals surface area contributed by atoms with Gasteiger partial charge in [0.05, 0.1) is 23.4 Å². The number of carboxylic acid groups (broad SMARTS) is 1. The molecule has 0 unspecified atom stereocenters. The molecule has 0 spiro atoms. The molecule has 0 saturated heterocycles. The highest BCUT2D eigenvalue weighted by Crippen LogP contribution is 2.31. The molecule has 0 atom stereocenters. The van der Waals surface area contributed by atoms with Gasteiger partial charge in [-0.1, -0.05) is 11.6 Å². The molecule has 0 aromatic heterocycles. The number of amides is 1. The SMILES string of the molecule is CNC(C)(C)C(=O)Nc1cc(OC)c(C(=O)O)cc1Cl. The van der Waals surface area contributed by atoms with Crippen LogP contribution in [0.2, 0.25) is 5.02 Å². The lowest BCUT2D eigenvalue weighted by molar-refractivity contribution is -0.121. The quantitative estimate of drug-likeness (QED) is 0.774. The lowest BCUT2D eigenvalue weighted by Gasteiger charge is -2.23. The number of hydrogen-bond donors (Lipinski definition) is 3. The Morgan fingerprint density at radius 3 is 2.40 bits per heavy atom. The molecule has 1 aromatic rings. The molecule has 1 amide bonds. The molecule has 110 valence electrons. The van der Waals surface area contributed by atoms with Crippen molar-refractivity contribution in [2.45, 2.75) is 19.4 Å². The fraction of sp³-hybridized carbons (Fsp3) is 0.385. The molecule has 0 heterocycles. The van der Waals surface area contributed by atoms with E-state index in [9.17, 15) is 9.59 Å². The molecule has 0 aliphatic carbocycles. The average molecular weight is 301 g/mol. The minimum atomic E-state index is -1.16. The topological polar surface area (TPSA) is 87.7 Å². The Labute approximate surface area is 122 Å². The highest BCUT2D eigenvalue weighted by molar-refractivity contribution is 6.34. The van der Waals surface area contributed by atoms with Crippen molar-refractivity contribution in [2.75, 3.05) is 19.5 Å². The Bertz CT molecular complexity index is 543. The van der Waals surface area contributed by atoms with Gasteiger partial charge in [-0.3, -0.25) is 4.79 Å². The number of rotatable bonds is 5. The molecular weight excluding hydrogens is 284 g/mol. The smallest absolute Gasteiger partial charge is 0.339 e. The summed E-state index contributed by atoms with van der Waals surface area (Å²) in [4.78, 5) is 23.1. The van der Waals surface area contributed by atoms with Gasteiger partial charge in [-0.15, -0.1) is 0 Å². The van der Waals surface area contributed by atoms with Gasteiger partial charge in [-0.2, -0.15) is 0 Å². The minimum Gasteiger partial charge on any atom is -0.496 e. The van der Waals surface area contributed by atoms with E-state index in [-0.39, 0.29) is 22.2 Å². The van der Waals surface area contributed by atoms with Crippen LogP contribution in [0.1, 0.15) is 24.2 Å². The Morgan fingerprint density at radius 2 is 1.95 bits per heavy atom. The van der Waals surface area contributed by atoms with Crippen LogP contribution in [-0.4, -0.2) is 36.7 Å². The standard InChI is InChI=1S/C13H17ClN2O4/c1-13(2,15-3)12(19)16-9-6-10(20-4)7(11(17)18)5-8(9)14/h5-6,15H,1-4H3,(H,16,19)(H,17,18). The van der Waals surface area contributed by atoms with Crippen molar-refractivity contribution in [3.63, 3.8) is 0 Å². The van der Waals surface area contributed by atoms with Crippen molar-refractivity contribution < 1.29 is 19.4 Å². The summed E-state index contributed by atoms with van der Waals surface area (Å²) in [5.41, 5.74) is -0.563. The highest BCUT2D eigenvalue weighted by Gasteiger charge is 2.26. The first-order valence-electron chi connectivity index (χ1n) is 5.84. The van der Waals surface area contributed by atoms with Crippen LogP contribution in [0.15, 0.2) is 12.1 Å². The zero-order chi connectivity index (χ0) is 15.5. The third-order valence-electron chi connectivity index (χ3n) is 2.96. The van der Waals surface area contributed by atoms with Gasteiger partial charge in [-0.25, -0.2) is 4.79 Å². The lowest BCUT2D eigenvalue weighted by Crippen LogP contribution is -2.47. The zero-order valence-electron chi connectivity index (χ0n) is 11.7. The van der Waals surface area contributed by atoms with Crippen molar-refractivity contribution in [3.05, 3.63) is 22.7 Å². The van der Waals surface area contributed by atoms with Gasteiger partial charge in [-0.05, 0) is 27.0 Å². The first kappa shape index (κ1) is 16.3. The van der Waals surface area contributed by atoms with Crippen LogP contribution >= 0.6 is 11.6 Å². The lowest BCUT2D eigenvalue weighted by atomic mass is 10.0. The molecule has 0 aliphatic heterocycles. The number of likely N-dealkylation sites (N-methyl/N-ethyl adjacent to an activating group) is 1. The van der Waals surface area contributed by atoms with E-state index in [1.54, 1.807) is 20.9 Å². The van der Waals surface area contributed by atoms with Crippen LogP contribution in [0.3, 0.4) is 0 Å². The summed E-state index contributed by atoms with van der Waals surface area (Å²) < 4.78 is 4.99. The minimum absolute atomic E-state index is 0.0663. The molecule has 0 radical (unpaired) electrons. The normalized spacial score (nSPS) is 11.1. The number of aromatic carboxylic acids is 1. The van der Waals surface area contributed by atoms with Gasteiger partial charge >= 0.3 is 5.97 Å². The molecule has 20 heavy (non-hydrogen) atoms. The Morgan fingerprint density at radius 1 is 1.35 bits per heavy atom. The monoisotopic (exact) mass is 300 g/mol. The maximum Gasteiger partial charge on any atom is 0.339 e. The summed E-state index contributed by atoms with van der Waals surface area (Å²) in [6, 6.07) is 2.63. The first-order valence-corrected chi connectivity index (χ1v) is 6.22. The van der Waals surface area contributed by atoms with Crippen molar-refractivity contribution in [2.24, 2.45) is 0 Å². The second kappa shape index (κ2) is 6.11. The number of carbonyl (C=O) groups is 2. The van der Waals surface area contributed by atoms with Crippen LogP contribution < -0.4 is 15.4 Å². The van der Waals surface area contributed by atoms with E-state index in [4.69, 9.17) is 21.4 Å². The third kappa shape index (κ3) is 3.40. The molecule has 0 aliphatic rings. The summed E-state index contributed by atoms with van der Waals surface area (Å²) in [5.74, 6) is -1.33. The maximum absolute atomic E-state index is 12.0. The largest absolute Gasteiger partial charge is 0.496 e. The van der Waals surface area contributed by atoms with E-state index in [0.717, 1.165) is 0 Å². The Hall–Kier alpha value is -1.79. The predicted octanol–water partition coefficient (Wildman–Crippen LogP) is 1.98. The van der Waals surface area contributed by atoms with Crippen molar-refractivity contribution in [1.82, 2.24) is 5.32 Å². The first-order chi connectivity index (χ1) is 9.22. The van der Waals surface area contributed by atoms with E-state index >= 15 is 0 Å². The van der Waals surface area contributed by atoms with E-state index < -0.39 is 11.5 Å². The number of carbonyl (C=O) groups excluding carboxylic acids is 1. The summed E-state index contributed by atoms with van der Waals surface area (Å²) in [7, 11) is 3.01. The summed E-state index contributed by atoms with van der Waals surface area (Å²) in [6.07, 6.45) is 0. The molecule has 0 bridgehead atoms. The summed E-state index contributed by atoms with van der Waals surface area (Å²) >= 11 is 5.99. The van der Waals surface area contributed by atoms with Crippen LogP contribution in [0.5, 0.6) is 5.75 Å². The van der Waals surface area contributed by atoms with E-state index in [1.165, 1.54) is 19.2 Å². The number of hydrogen-bond acceptors (Lipinski definition) is 4. The third-order valence-corrected chi connectivity index (χ3v) is 3.27. The van der Waals surface area contributed by atoms with E-state index in [0.29, 0.717) is 5.69 Å². The molecule has 0 saturated carbocycles. The predicted molar refractivity (Wildman–Crippen MR) is 76.7 cm³/mol. The molecule has 1 rings (SSSR count). The van der Waals surface area contributed by atoms with Gasteiger partial charge in [0.1, 0.15) is 11.3 Å². The van der Waals surface area contributed by atoms with Crippen LogP contribution in [0.25, 0.3) is 0 Å². The van der Waals surface area contributed by atoms with Crippen LogP contribution in [0.4, 0.5) is 5.69 Å². The summed E-state index contributed by atoms with van der Waals surface area (Å²) in [5, 5.41) is 14.6. The van der Waals surface area contributed by atoms with Crippen molar-refractivity contribution in [1.29, 1.82) is 0 Å². The van der Waals surface area contributed by atoms with Crippen LogP contribution in [-0.2, 0) is 4.79 Å². The number of anilines is 1. The summed E-state index contributed by atoms with van der Waals surface area (Å²) in [6.45, 7) is 3.41. The average Bonchev–Trinajstić information content (AvgIpc) is 2.40. The molecule has 0 fully saturated rings. The van der Waals surface area contributed by atoms with Gasteiger partial charge in [0, 0.05) is 6.07 Å². The Balaban J connectivity index is 3.15. The van der Waals surface area contributed by atoms with Gasteiger partial charge in [0.2, 0.25) is 5.91 Å². The number of nitrogens with one attached hydrogen (secondary N) is 2. The zero-order valence-corrected chi connectivity index (χ0v) is 12.5. The van der Waals surface area contributed by atoms with E-state index in [2.05, 4.69) is 10.6 Å². The van der Waals surface area contributed by atoms with E-state index in [1.807, 2.05) is 0 Å². The molecule has 3 N–H and O–H groups in total. The number of ether oxygens (including phenoxy) is 1. The fourth-order valence-corrected chi connectivity index (χ4v) is 1.59. The van der Waals surface area contributed by atoms with Gasteiger partial charge < -0.3 is 20.5 Å².